The second-order valence-corrected chi connectivity index (χ2v) is 6.17. The lowest BCUT2D eigenvalue weighted by molar-refractivity contribution is 0.0945. The van der Waals surface area contributed by atoms with E-state index in [0.29, 0.717) is 12.2 Å². The Bertz CT molecular complexity index is 576. The number of carbonyl (C=O) groups excluding carboxylic acids is 1. The standard InChI is InChI=1S/C13H16BrN3OS/c1-3-17-7-10(14)6-12(17)13(18)15-5-4-11-8-19-9(2)16-11/h6-8H,3-5H2,1-2H3,(H,15,18). The van der Waals surface area contributed by atoms with Gasteiger partial charge in [0, 0.05) is 35.6 Å². The predicted octanol–water partition coefficient (Wildman–Crippen LogP) is 3.01. The number of nitrogens with zero attached hydrogens (tertiary/aromatic N) is 2. The Hall–Kier alpha value is -1.14. The number of aromatic nitrogens is 2. The van der Waals surface area contributed by atoms with Crippen LogP contribution < -0.4 is 5.32 Å². The van der Waals surface area contributed by atoms with Gasteiger partial charge in [-0.05, 0) is 35.8 Å². The molecular formula is C13H16BrN3OS. The van der Waals surface area contributed by atoms with Crippen LogP contribution in [0.2, 0.25) is 0 Å². The molecule has 0 saturated heterocycles. The zero-order chi connectivity index (χ0) is 13.8. The lowest BCUT2D eigenvalue weighted by Gasteiger charge is -2.06. The zero-order valence-corrected chi connectivity index (χ0v) is 13.3. The third-order valence-electron chi connectivity index (χ3n) is 2.77. The Morgan fingerprint density at radius 2 is 2.37 bits per heavy atom. The molecule has 0 atom stereocenters. The molecule has 0 aromatic carbocycles. The molecule has 0 radical (unpaired) electrons. The third-order valence-corrected chi connectivity index (χ3v) is 4.03. The van der Waals surface area contributed by atoms with Gasteiger partial charge in [-0.3, -0.25) is 4.79 Å². The fourth-order valence-corrected chi connectivity index (χ4v) is 2.96. The van der Waals surface area contributed by atoms with Crippen LogP contribution in [0.3, 0.4) is 0 Å². The maximum Gasteiger partial charge on any atom is 0.267 e. The number of aryl methyl sites for hydroxylation is 2. The van der Waals surface area contributed by atoms with Crippen LogP contribution in [0, 0.1) is 6.92 Å². The second-order valence-electron chi connectivity index (χ2n) is 4.19. The van der Waals surface area contributed by atoms with Gasteiger partial charge in [-0.25, -0.2) is 4.98 Å². The van der Waals surface area contributed by atoms with E-state index < -0.39 is 0 Å². The van der Waals surface area contributed by atoms with Crippen LogP contribution in [0.15, 0.2) is 22.1 Å². The second kappa shape index (κ2) is 6.34. The number of hydrogen-bond acceptors (Lipinski definition) is 3. The van der Waals surface area contributed by atoms with Gasteiger partial charge < -0.3 is 9.88 Å². The van der Waals surface area contributed by atoms with Gasteiger partial charge in [-0.1, -0.05) is 0 Å². The molecule has 0 saturated carbocycles. The number of halogens is 1. The van der Waals surface area contributed by atoms with Gasteiger partial charge in [0.15, 0.2) is 0 Å². The SMILES string of the molecule is CCn1cc(Br)cc1C(=O)NCCc1csc(C)n1. The van der Waals surface area contributed by atoms with E-state index in [9.17, 15) is 4.79 Å². The Morgan fingerprint density at radius 1 is 1.58 bits per heavy atom. The molecule has 2 rings (SSSR count). The van der Waals surface area contributed by atoms with E-state index in [1.165, 1.54) is 0 Å². The van der Waals surface area contributed by atoms with Crippen molar-refractivity contribution in [3.8, 4) is 0 Å². The molecule has 0 aliphatic heterocycles. The summed E-state index contributed by atoms with van der Waals surface area (Å²) in [5, 5.41) is 6.02. The van der Waals surface area contributed by atoms with Crippen LogP contribution in [0.25, 0.3) is 0 Å². The molecule has 0 aliphatic rings. The van der Waals surface area contributed by atoms with E-state index in [0.717, 1.165) is 28.1 Å². The summed E-state index contributed by atoms with van der Waals surface area (Å²) in [5.74, 6) is -0.0421. The van der Waals surface area contributed by atoms with E-state index in [2.05, 4.69) is 26.2 Å². The van der Waals surface area contributed by atoms with Gasteiger partial charge in [-0.15, -0.1) is 11.3 Å². The first-order chi connectivity index (χ1) is 9.10. The highest BCUT2D eigenvalue weighted by molar-refractivity contribution is 9.10. The number of thiazole rings is 1. The summed E-state index contributed by atoms with van der Waals surface area (Å²) in [6.07, 6.45) is 2.68. The van der Waals surface area contributed by atoms with E-state index in [1.807, 2.05) is 36.1 Å². The van der Waals surface area contributed by atoms with Crippen molar-refractivity contribution in [2.45, 2.75) is 26.8 Å². The predicted molar refractivity (Wildman–Crippen MR) is 80.7 cm³/mol. The third kappa shape index (κ3) is 3.67. The molecule has 0 spiro atoms. The van der Waals surface area contributed by atoms with Gasteiger partial charge >= 0.3 is 0 Å². The van der Waals surface area contributed by atoms with Crippen LogP contribution in [-0.2, 0) is 13.0 Å². The normalized spacial score (nSPS) is 10.7. The molecule has 0 bridgehead atoms. The molecule has 2 aromatic rings. The summed E-state index contributed by atoms with van der Waals surface area (Å²) in [7, 11) is 0. The molecule has 1 amide bonds. The van der Waals surface area contributed by atoms with Crippen LogP contribution in [0.4, 0.5) is 0 Å². The minimum Gasteiger partial charge on any atom is -0.350 e. The average Bonchev–Trinajstić information content (AvgIpc) is 2.95. The van der Waals surface area contributed by atoms with E-state index >= 15 is 0 Å². The summed E-state index contributed by atoms with van der Waals surface area (Å²) in [5.41, 5.74) is 1.72. The fraction of sp³-hybridized carbons (Fsp3) is 0.385. The molecule has 4 nitrogen and oxygen atoms in total. The van der Waals surface area contributed by atoms with Gasteiger partial charge in [0.1, 0.15) is 5.69 Å². The van der Waals surface area contributed by atoms with Crippen molar-refractivity contribution >= 4 is 33.2 Å². The lowest BCUT2D eigenvalue weighted by Crippen LogP contribution is -2.27. The minimum absolute atomic E-state index is 0.0421. The number of amides is 1. The van der Waals surface area contributed by atoms with Gasteiger partial charge in [0.25, 0.3) is 5.91 Å². The van der Waals surface area contributed by atoms with Gasteiger partial charge in [-0.2, -0.15) is 0 Å². The van der Waals surface area contributed by atoms with Crippen molar-refractivity contribution in [3.63, 3.8) is 0 Å². The summed E-state index contributed by atoms with van der Waals surface area (Å²) >= 11 is 5.03. The fourth-order valence-electron chi connectivity index (χ4n) is 1.84. The van der Waals surface area contributed by atoms with E-state index in [-0.39, 0.29) is 5.91 Å². The van der Waals surface area contributed by atoms with Gasteiger partial charge in [0.05, 0.1) is 10.7 Å². The van der Waals surface area contributed by atoms with Gasteiger partial charge in [0.2, 0.25) is 0 Å². The molecule has 102 valence electrons. The van der Waals surface area contributed by atoms with Crippen molar-refractivity contribution < 1.29 is 4.79 Å². The first-order valence-electron chi connectivity index (χ1n) is 6.15. The summed E-state index contributed by atoms with van der Waals surface area (Å²) in [6, 6.07) is 1.84. The maximum absolute atomic E-state index is 12.1. The van der Waals surface area contributed by atoms with Crippen molar-refractivity contribution in [2.24, 2.45) is 0 Å². The topological polar surface area (TPSA) is 46.9 Å². The summed E-state index contributed by atoms with van der Waals surface area (Å²) < 4.78 is 2.85. The highest BCUT2D eigenvalue weighted by Gasteiger charge is 2.11. The largest absolute Gasteiger partial charge is 0.350 e. The Morgan fingerprint density at radius 3 is 3.00 bits per heavy atom. The van der Waals surface area contributed by atoms with Crippen molar-refractivity contribution in [3.05, 3.63) is 38.5 Å². The first kappa shape index (κ1) is 14.3. The zero-order valence-electron chi connectivity index (χ0n) is 10.9. The number of carbonyl (C=O) groups is 1. The smallest absolute Gasteiger partial charge is 0.267 e. The van der Waals surface area contributed by atoms with Crippen molar-refractivity contribution in [1.82, 2.24) is 14.9 Å². The van der Waals surface area contributed by atoms with Crippen LogP contribution in [0.1, 0.15) is 28.1 Å². The van der Waals surface area contributed by atoms with Crippen LogP contribution in [0.5, 0.6) is 0 Å². The quantitative estimate of drug-likeness (QED) is 0.908. The molecular weight excluding hydrogens is 326 g/mol. The molecule has 0 aliphatic carbocycles. The molecule has 2 heterocycles. The molecule has 19 heavy (non-hydrogen) atoms. The maximum atomic E-state index is 12.1. The Balaban J connectivity index is 1.90. The van der Waals surface area contributed by atoms with E-state index in [1.54, 1.807) is 11.3 Å². The highest BCUT2D eigenvalue weighted by atomic mass is 79.9. The van der Waals surface area contributed by atoms with E-state index in [4.69, 9.17) is 0 Å². The average molecular weight is 342 g/mol. The molecule has 2 aromatic heterocycles. The molecule has 1 N–H and O–H groups in total. The molecule has 0 fully saturated rings. The number of hydrogen-bond donors (Lipinski definition) is 1. The Labute approximate surface area is 125 Å². The van der Waals surface area contributed by atoms with Crippen LogP contribution >= 0.6 is 27.3 Å². The van der Waals surface area contributed by atoms with Crippen LogP contribution in [-0.4, -0.2) is 22.0 Å². The minimum atomic E-state index is -0.0421. The monoisotopic (exact) mass is 341 g/mol. The number of nitrogens with one attached hydrogen (secondary N) is 1. The molecule has 0 unspecified atom stereocenters. The van der Waals surface area contributed by atoms with Crippen molar-refractivity contribution in [1.29, 1.82) is 0 Å². The Kier molecular flexibility index (Phi) is 4.76. The van der Waals surface area contributed by atoms with Crippen molar-refractivity contribution in [2.75, 3.05) is 6.54 Å². The molecule has 6 heteroatoms. The summed E-state index contributed by atoms with van der Waals surface area (Å²) in [4.78, 5) is 16.4. The number of rotatable bonds is 5. The summed E-state index contributed by atoms with van der Waals surface area (Å²) in [6.45, 7) is 5.38. The lowest BCUT2D eigenvalue weighted by atomic mass is 10.3. The first-order valence-corrected chi connectivity index (χ1v) is 7.82. The highest BCUT2D eigenvalue weighted by Crippen LogP contribution is 2.15.